The number of nitro benzene ring substituents is 2. The lowest BCUT2D eigenvalue weighted by Crippen LogP contribution is -2.12. The number of nitro groups is 2. The van der Waals surface area contributed by atoms with Gasteiger partial charge in [-0.25, -0.2) is 0 Å². The zero-order valence-electron chi connectivity index (χ0n) is 41.6. The topological polar surface area (TPSA) is 261 Å². The predicted octanol–water partition coefficient (Wildman–Crippen LogP) is 17.2. The fraction of sp³-hybridized carbons (Fsp3) is 0.0339. The van der Waals surface area contributed by atoms with Crippen molar-refractivity contribution in [2.45, 2.75) is 6.61 Å². The van der Waals surface area contributed by atoms with E-state index in [1.165, 1.54) is 48.5 Å². The van der Waals surface area contributed by atoms with Crippen LogP contribution >= 0.6 is 23.2 Å². The third-order valence-electron chi connectivity index (χ3n) is 13.7. The van der Waals surface area contributed by atoms with E-state index < -0.39 is 21.5 Å². The number of fused-ring (bicyclic) bond motifs is 10. The molecular weight excluding hydrogens is 1060 g/mol. The van der Waals surface area contributed by atoms with Crippen molar-refractivity contribution in [3.63, 3.8) is 0 Å². The second-order valence-corrected chi connectivity index (χ2v) is 19.5. The Bertz CT molecular complexity index is 4600. The van der Waals surface area contributed by atoms with E-state index in [0.717, 1.165) is 54.9 Å². The number of rotatable bonds is 14. The average molecular weight is 1100 g/mol. The molecule has 1 amide bonds. The maximum Gasteiger partial charge on any atom is 0.271 e. The number of phenolic OH excluding ortho intramolecular Hbond substituents is 2. The molecule has 21 heteroatoms. The SMILES string of the molecule is CN(c1ccc(N=Nc2c(O)c(CONc3cccc([N+](=O)[O-])c3)cc3ccc4c5cc(Cl)ccc5[nH]c4c23)cc1)c1ccc(N=Nc2c(O)c(C(=O)Nc3cccc([N+](=O)[O-])c3)cc3ccc4c5cc(Cl)ccc5[nH]c4c23)cc1. The molecule has 12 aromatic rings. The molecule has 2 aromatic heterocycles. The van der Waals surface area contributed by atoms with Gasteiger partial charge in [0.2, 0.25) is 0 Å². The molecule has 0 radical (unpaired) electrons. The Hall–Kier alpha value is -10.5. The van der Waals surface area contributed by atoms with E-state index >= 15 is 0 Å². The van der Waals surface area contributed by atoms with Crippen molar-refractivity contribution in [1.82, 2.24) is 9.97 Å². The van der Waals surface area contributed by atoms with Gasteiger partial charge < -0.3 is 30.4 Å². The molecule has 6 N–H and O–H groups in total. The molecule has 0 unspecified atom stereocenters. The third kappa shape index (κ3) is 9.48. The maximum atomic E-state index is 13.8. The molecule has 2 heterocycles. The van der Waals surface area contributed by atoms with Gasteiger partial charge in [0.15, 0.2) is 5.75 Å². The Morgan fingerprint density at radius 1 is 0.588 bits per heavy atom. The minimum Gasteiger partial charge on any atom is -0.505 e. The van der Waals surface area contributed by atoms with E-state index in [-0.39, 0.29) is 46.4 Å². The van der Waals surface area contributed by atoms with Crippen molar-refractivity contribution in [2.24, 2.45) is 20.5 Å². The van der Waals surface area contributed by atoms with Gasteiger partial charge in [0.05, 0.1) is 43.5 Å². The van der Waals surface area contributed by atoms with Gasteiger partial charge in [-0.05, 0) is 120 Å². The number of H-pyrrole nitrogens is 2. The van der Waals surface area contributed by atoms with Gasteiger partial charge in [-0.2, -0.15) is 10.2 Å². The van der Waals surface area contributed by atoms with E-state index in [1.807, 2.05) is 84.7 Å². The first-order chi connectivity index (χ1) is 38.7. The lowest BCUT2D eigenvalue weighted by molar-refractivity contribution is -0.385. The van der Waals surface area contributed by atoms with Crippen LogP contribution in [0.2, 0.25) is 10.0 Å². The van der Waals surface area contributed by atoms with Crippen molar-refractivity contribution >= 4 is 151 Å². The Morgan fingerprint density at radius 2 is 1.09 bits per heavy atom. The molecule has 0 aliphatic heterocycles. The monoisotopic (exact) mass is 1100 g/mol. The number of nitrogens with zero attached hydrogens (tertiary/aromatic N) is 7. The molecule has 0 saturated heterocycles. The molecule has 0 spiro atoms. The molecule has 0 bridgehead atoms. The lowest BCUT2D eigenvalue weighted by Gasteiger charge is -2.19. The van der Waals surface area contributed by atoms with E-state index in [4.69, 9.17) is 28.0 Å². The summed E-state index contributed by atoms with van der Waals surface area (Å²) >= 11 is 12.8. The van der Waals surface area contributed by atoms with Crippen LogP contribution in [0.1, 0.15) is 15.9 Å². The first-order valence-corrected chi connectivity index (χ1v) is 25.2. The standard InChI is InChI=1S/C59H39Cl2N11O8/c1-70(40-16-12-36(13-17-40)65-67-55-51-31(8-20-44-46-26-34(60)10-22-49(46)63-53(44)51)24-33(57(55)73)30-80-69-39-5-3-7-43(29-39)72(78)79)41-18-14-37(15-19-41)66-68-56-52-32(9-21-45-47-27-35(61)11-23-50(47)64-54(45)52)25-48(58(56)74)59(75)62-38-4-2-6-42(28-38)71(76)77/h2-29,63-64,69,73-74H,30H2,1H3,(H,62,75). The second-order valence-electron chi connectivity index (χ2n) is 18.6. The summed E-state index contributed by atoms with van der Waals surface area (Å²) in [4.78, 5) is 50.1. The van der Waals surface area contributed by atoms with Crippen LogP contribution in [0, 0.1) is 20.2 Å². The number of nitrogens with one attached hydrogen (secondary N) is 4. The van der Waals surface area contributed by atoms with Crippen LogP contribution in [-0.2, 0) is 11.4 Å². The number of aromatic amines is 2. The van der Waals surface area contributed by atoms with Crippen LogP contribution in [0.25, 0.3) is 65.2 Å². The van der Waals surface area contributed by atoms with Crippen molar-refractivity contribution in [3.05, 3.63) is 211 Å². The van der Waals surface area contributed by atoms with E-state index in [1.54, 1.807) is 48.5 Å². The first kappa shape index (κ1) is 50.4. The lowest BCUT2D eigenvalue weighted by atomic mass is 10.00. The van der Waals surface area contributed by atoms with E-state index in [9.17, 15) is 35.2 Å². The van der Waals surface area contributed by atoms with Crippen LogP contribution in [0.4, 0.5) is 56.9 Å². The smallest absolute Gasteiger partial charge is 0.271 e. The molecule has 392 valence electrons. The zero-order valence-corrected chi connectivity index (χ0v) is 43.1. The van der Waals surface area contributed by atoms with Gasteiger partial charge in [0, 0.05) is 107 Å². The summed E-state index contributed by atoms with van der Waals surface area (Å²) in [6.07, 6.45) is 0. The summed E-state index contributed by atoms with van der Waals surface area (Å²) in [6, 6.07) is 47.8. The van der Waals surface area contributed by atoms with E-state index in [2.05, 4.69) is 41.2 Å². The summed E-state index contributed by atoms with van der Waals surface area (Å²) in [7, 11) is 1.89. The van der Waals surface area contributed by atoms with Crippen molar-refractivity contribution in [3.8, 4) is 11.5 Å². The third-order valence-corrected chi connectivity index (χ3v) is 14.2. The van der Waals surface area contributed by atoms with Crippen molar-refractivity contribution in [2.75, 3.05) is 22.7 Å². The molecule has 10 aromatic carbocycles. The highest BCUT2D eigenvalue weighted by atomic mass is 35.5. The fourth-order valence-electron chi connectivity index (χ4n) is 9.76. The average Bonchev–Trinajstić information content (AvgIpc) is 4.12. The normalized spacial score (nSPS) is 11.8. The minimum atomic E-state index is -0.718. The second kappa shape index (κ2) is 20.5. The number of carbonyl (C=O) groups excluding carboxylic acids is 1. The summed E-state index contributed by atoms with van der Waals surface area (Å²) in [5.74, 6) is -1.35. The summed E-state index contributed by atoms with van der Waals surface area (Å²) in [6.45, 7) is -0.133. The van der Waals surface area contributed by atoms with Gasteiger partial charge in [0.1, 0.15) is 23.7 Å². The number of aromatic nitrogens is 2. The van der Waals surface area contributed by atoms with Crippen LogP contribution < -0.4 is 15.7 Å². The molecule has 0 aliphatic carbocycles. The molecule has 19 nitrogen and oxygen atoms in total. The van der Waals surface area contributed by atoms with Crippen molar-refractivity contribution in [1.29, 1.82) is 0 Å². The number of non-ortho nitro benzene ring substituents is 2. The van der Waals surface area contributed by atoms with Crippen LogP contribution in [0.15, 0.2) is 190 Å². The zero-order chi connectivity index (χ0) is 55.3. The van der Waals surface area contributed by atoms with E-state index in [0.29, 0.717) is 54.3 Å². The summed E-state index contributed by atoms with van der Waals surface area (Å²) in [5.41, 5.74) is 8.89. The van der Waals surface area contributed by atoms with Gasteiger partial charge in [-0.1, -0.05) is 59.6 Å². The van der Waals surface area contributed by atoms with Gasteiger partial charge in [0.25, 0.3) is 17.3 Å². The number of carbonyl (C=O) groups is 1. The molecular formula is C59H39Cl2N11O8. The highest BCUT2D eigenvalue weighted by Gasteiger charge is 2.23. The molecule has 0 saturated carbocycles. The highest BCUT2D eigenvalue weighted by molar-refractivity contribution is 6.33. The van der Waals surface area contributed by atoms with Gasteiger partial charge in [-0.15, -0.1) is 10.2 Å². The number of hydrogen-bond donors (Lipinski definition) is 6. The number of aromatic hydroxyl groups is 2. The highest BCUT2D eigenvalue weighted by Crippen LogP contribution is 2.47. The fourth-order valence-corrected chi connectivity index (χ4v) is 10.1. The van der Waals surface area contributed by atoms with Gasteiger partial charge in [-0.3, -0.25) is 35.3 Å². The maximum absolute atomic E-state index is 13.8. The van der Waals surface area contributed by atoms with Crippen LogP contribution in [0.5, 0.6) is 11.5 Å². The summed E-state index contributed by atoms with van der Waals surface area (Å²) in [5, 5.41) is 74.5. The number of benzene rings is 10. The minimum absolute atomic E-state index is 0.0165. The predicted molar refractivity (Wildman–Crippen MR) is 312 cm³/mol. The molecule has 0 atom stereocenters. The number of phenols is 2. The Labute approximate surface area is 461 Å². The molecule has 0 fully saturated rings. The number of azo groups is 2. The number of amides is 1. The number of anilines is 4. The summed E-state index contributed by atoms with van der Waals surface area (Å²) < 4.78 is 0. The molecule has 80 heavy (non-hydrogen) atoms. The first-order valence-electron chi connectivity index (χ1n) is 24.5. The molecule has 0 aliphatic rings. The Kier molecular flexibility index (Phi) is 12.9. The van der Waals surface area contributed by atoms with Gasteiger partial charge >= 0.3 is 0 Å². The van der Waals surface area contributed by atoms with Crippen LogP contribution in [-0.4, -0.2) is 43.0 Å². The van der Waals surface area contributed by atoms with Crippen LogP contribution in [0.3, 0.4) is 0 Å². The number of hydrogen-bond acceptors (Lipinski definition) is 14. The molecule has 12 rings (SSSR count). The largest absolute Gasteiger partial charge is 0.505 e. The quantitative estimate of drug-likeness (QED) is 0.0341. The Morgan fingerprint density at radius 3 is 1.62 bits per heavy atom. The number of halogens is 2. The van der Waals surface area contributed by atoms with Crippen molar-refractivity contribution < 1.29 is 29.7 Å². The Balaban J connectivity index is 0.823.